The van der Waals surface area contributed by atoms with Crippen LogP contribution in [0.4, 0.5) is 5.69 Å². The molecule has 4 nitrogen and oxygen atoms in total. The number of nitrogens with zero attached hydrogens (tertiary/aromatic N) is 1. The molecule has 0 N–H and O–H groups in total. The third-order valence-electron chi connectivity index (χ3n) is 3.45. The van der Waals surface area contributed by atoms with Gasteiger partial charge in [0.2, 0.25) is 0 Å². The van der Waals surface area contributed by atoms with Gasteiger partial charge < -0.3 is 14.4 Å². The van der Waals surface area contributed by atoms with E-state index in [1.165, 1.54) is 0 Å². The third-order valence-corrected chi connectivity index (χ3v) is 3.45. The molecular weight excluding hydrogens is 290 g/mol. The first kappa shape index (κ1) is 16.6. The van der Waals surface area contributed by atoms with Crippen LogP contribution in [0.15, 0.2) is 48.5 Å². The lowest BCUT2D eigenvalue weighted by Gasteiger charge is -2.15. The van der Waals surface area contributed by atoms with Crippen molar-refractivity contribution in [3.8, 4) is 11.5 Å². The molecule has 2 rings (SSSR count). The lowest BCUT2D eigenvalue weighted by atomic mass is 10.1. The van der Waals surface area contributed by atoms with E-state index in [4.69, 9.17) is 9.47 Å². The normalized spacial score (nSPS) is 10.6. The molecule has 2 aromatic rings. The smallest absolute Gasteiger partial charge is 0.187 e. The number of para-hydroxylation sites is 1. The van der Waals surface area contributed by atoms with Crippen LogP contribution in [0.25, 0.3) is 6.08 Å². The van der Waals surface area contributed by atoms with E-state index in [9.17, 15) is 4.79 Å². The van der Waals surface area contributed by atoms with Gasteiger partial charge in [-0.3, -0.25) is 4.79 Å². The van der Waals surface area contributed by atoms with Crippen molar-refractivity contribution in [2.75, 3.05) is 33.2 Å². The van der Waals surface area contributed by atoms with Crippen molar-refractivity contribution in [3.63, 3.8) is 0 Å². The van der Waals surface area contributed by atoms with Crippen molar-refractivity contribution in [1.82, 2.24) is 0 Å². The summed E-state index contributed by atoms with van der Waals surface area (Å²) in [5, 5.41) is 0. The predicted octanol–water partition coefficient (Wildman–Crippen LogP) is 3.67. The van der Waals surface area contributed by atoms with Gasteiger partial charge in [-0.15, -0.1) is 0 Å². The van der Waals surface area contributed by atoms with Gasteiger partial charge in [0, 0.05) is 31.4 Å². The van der Waals surface area contributed by atoms with E-state index in [1.807, 2.05) is 55.4 Å². The van der Waals surface area contributed by atoms with Crippen LogP contribution >= 0.6 is 0 Å². The fourth-order valence-corrected chi connectivity index (χ4v) is 2.26. The van der Waals surface area contributed by atoms with Crippen LogP contribution in [0.5, 0.6) is 11.5 Å². The number of benzene rings is 2. The zero-order valence-electron chi connectivity index (χ0n) is 13.9. The van der Waals surface area contributed by atoms with E-state index >= 15 is 0 Å². The molecule has 0 bridgehead atoms. The van der Waals surface area contributed by atoms with Gasteiger partial charge in [0.25, 0.3) is 0 Å². The first-order valence-electron chi connectivity index (χ1n) is 7.27. The molecule has 0 saturated heterocycles. The van der Waals surface area contributed by atoms with Gasteiger partial charge in [-0.25, -0.2) is 0 Å². The number of allylic oxidation sites excluding steroid dienone is 1. The molecule has 0 fully saturated rings. The zero-order chi connectivity index (χ0) is 16.8. The minimum atomic E-state index is -0.0453. The van der Waals surface area contributed by atoms with Crippen LogP contribution < -0.4 is 14.4 Å². The topological polar surface area (TPSA) is 38.8 Å². The highest BCUT2D eigenvalue weighted by Crippen LogP contribution is 2.24. The Hall–Kier alpha value is -2.75. The molecule has 2 aromatic carbocycles. The summed E-state index contributed by atoms with van der Waals surface area (Å²) >= 11 is 0. The number of ether oxygens (including phenoxy) is 2. The fraction of sp³-hybridized carbons (Fsp3) is 0.211. The summed E-state index contributed by atoms with van der Waals surface area (Å²) in [7, 11) is 7.03. The summed E-state index contributed by atoms with van der Waals surface area (Å²) in [5.74, 6) is 1.33. The van der Waals surface area contributed by atoms with E-state index in [-0.39, 0.29) is 5.78 Å². The second-order valence-corrected chi connectivity index (χ2v) is 5.26. The Balaban J connectivity index is 2.28. The molecule has 0 aliphatic heterocycles. The SMILES string of the molecule is COc1cc(C=CC(=O)c2ccccc2N(C)C)cc(OC)c1. The van der Waals surface area contributed by atoms with Crippen molar-refractivity contribution in [2.24, 2.45) is 0 Å². The molecule has 0 spiro atoms. The number of carbonyl (C=O) groups excluding carboxylic acids is 1. The molecule has 0 unspecified atom stereocenters. The van der Waals surface area contributed by atoms with E-state index in [1.54, 1.807) is 32.4 Å². The molecule has 120 valence electrons. The average Bonchev–Trinajstić information content (AvgIpc) is 2.59. The maximum Gasteiger partial charge on any atom is 0.187 e. The van der Waals surface area contributed by atoms with Crippen molar-refractivity contribution in [2.45, 2.75) is 0 Å². The summed E-state index contributed by atoms with van der Waals surface area (Å²) in [5.41, 5.74) is 2.41. The first-order valence-corrected chi connectivity index (χ1v) is 7.27. The second kappa shape index (κ2) is 7.49. The maximum absolute atomic E-state index is 12.5. The average molecular weight is 311 g/mol. The lowest BCUT2D eigenvalue weighted by Crippen LogP contribution is -2.12. The Kier molecular flexibility index (Phi) is 5.41. The van der Waals surface area contributed by atoms with Crippen molar-refractivity contribution < 1.29 is 14.3 Å². The summed E-state index contributed by atoms with van der Waals surface area (Å²) in [6, 6.07) is 13.0. The standard InChI is InChI=1S/C19H21NO3/c1-20(2)18-8-6-5-7-17(18)19(21)10-9-14-11-15(22-3)13-16(12-14)23-4/h5-13H,1-4H3. The number of hydrogen-bond donors (Lipinski definition) is 0. The minimum absolute atomic E-state index is 0.0453. The van der Waals surface area contributed by atoms with Crippen molar-refractivity contribution in [1.29, 1.82) is 0 Å². The summed E-state index contributed by atoms with van der Waals surface area (Å²) < 4.78 is 10.5. The van der Waals surface area contributed by atoms with Gasteiger partial charge in [-0.1, -0.05) is 18.2 Å². The highest BCUT2D eigenvalue weighted by atomic mass is 16.5. The molecule has 0 aliphatic rings. The molecule has 0 saturated carbocycles. The van der Waals surface area contributed by atoms with Gasteiger partial charge in [0.1, 0.15) is 11.5 Å². The molecule has 0 amide bonds. The number of ketones is 1. The van der Waals surface area contributed by atoms with E-state index in [2.05, 4.69) is 0 Å². The monoisotopic (exact) mass is 311 g/mol. The van der Waals surface area contributed by atoms with Crippen molar-refractivity contribution >= 4 is 17.5 Å². The molecule has 0 radical (unpaired) electrons. The molecular formula is C19H21NO3. The largest absolute Gasteiger partial charge is 0.497 e. The maximum atomic E-state index is 12.5. The number of anilines is 1. The number of rotatable bonds is 6. The van der Waals surface area contributed by atoms with Crippen LogP contribution in [0.1, 0.15) is 15.9 Å². The third kappa shape index (κ3) is 4.13. The van der Waals surface area contributed by atoms with E-state index < -0.39 is 0 Å². The van der Waals surface area contributed by atoms with Gasteiger partial charge in [0.15, 0.2) is 5.78 Å². The summed E-state index contributed by atoms with van der Waals surface area (Å²) in [6.45, 7) is 0. The lowest BCUT2D eigenvalue weighted by molar-refractivity contribution is 0.104. The Morgan fingerprint density at radius 1 is 1.00 bits per heavy atom. The fourth-order valence-electron chi connectivity index (χ4n) is 2.26. The predicted molar refractivity (Wildman–Crippen MR) is 93.7 cm³/mol. The number of carbonyl (C=O) groups is 1. The van der Waals surface area contributed by atoms with Crippen LogP contribution in [0.3, 0.4) is 0 Å². The molecule has 0 aromatic heterocycles. The molecule has 23 heavy (non-hydrogen) atoms. The van der Waals surface area contributed by atoms with Gasteiger partial charge in [-0.05, 0) is 35.9 Å². The van der Waals surface area contributed by atoms with E-state index in [0.29, 0.717) is 17.1 Å². The first-order chi connectivity index (χ1) is 11.0. The van der Waals surface area contributed by atoms with Crippen LogP contribution in [-0.4, -0.2) is 34.1 Å². The second-order valence-electron chi connectivity index (χ2n) is 5.26. The van der Waals surface area contributed by atoms with Crippen LogP contribution in [0, 0.1) is 0 Å². The Labute approximate surface area is 137 Å². The summed E-state index contributed by atoms with van der Waals surface area (Å²) in [4.78, 5) is 14.4. The highest BCUT2D eigenvalue weighted by molar-refractivity contribution is 6.10. The zero-order valence-corrected chi connectivity index (χ0v) is 13.9. The Morgan fingerprint density at radius 3 is 2.17 bits per heavy atom. The molecule has 0 heterocycles. The minimum Gasteiger partial charge on any atom is -0.497 e. The van der Waals surface area contributed by atoms with Crippen LogP contribution in [-0.2, 0) is 0 Å². The summed E-state index contributed by atoms with van der Waals surface area (Å²) in [6.07, 6.45) is 3.33. The number of hydrogen-bond acceptors (Lipinski definition) is 4. The quantitative estimate of drug-likeness (QED) is 0.603. The number of methoxy groups -OCH3 is 2. The van der Waals surface area contributed by atoms with Gasteiger partial charge in [-0.2, -0.15) is 0 Å². The van der Waals surface area contributed by atoms with Gasteiger partial charge in [0.05, 0.1) is 14.2 Å². The van der Waals surface area contributed by atoms with Gasteiger partial charge >= 0.3 is 0 Å². The Morgan fingerprint density at radius 2 is 1.61 bits per heavy atom. The van der Waals surface area contributed by atoms with Crippen LogP contribution in [0.2, 0.25) is 0 Å². The molecule has 0 atom stereocenters. The Bertz CT molecular complexity index is 698. The molecule has 0 aliphatic carbocycles. The molecule has 4 heteroatoms. The highest BCUT2D eigenvalue weighted by Gasteiger charge is 2.09. The van der Waals surface area contributed by atoms with E-state index in [0.717, 1.165) is 11.3 Å². The van der Waals surface area contributed by atoms with Crippen molar-refractivity contribution in [3.05, 3.63) is 59.7 Å².